The third-order valence-corrected chi connectivity index (χ3v) is 10.6. The van der Waals surface area contributed by atoms with Crippen LogP contribution in [0.2, 0.25) is 0 Å². The number of nitrogens with zero attached hydrogens (tertiary/aromatic N) is 3. The van der Waals surface area contributed by atoms with Gasteiger partial charge in [-0.15, -0.1) is 6.58 Å². The van der Waals surface area contributed by atoms with E-state index in [9.17, 15) is 25.1 Å². The molecule has 0 spiro atoms. The maximum atomic E-state index is 14.1. The second-order valence-corrected chi connectivity index (χ2v) is 13.7. The third-order valence-electron chi connectivity index (χ3n) is 10.6. The Morgan fingerprint density at radius 2 is 1.79 bits per heavy atom. The highest BCUT2D eigenvalue weighted by atomic mass is 16.7. The number of rotatable bonds is 19. The molecule has 1 heterocycles. The van der Waals surface area contributed by atoms with Gasteiger partial charge in [0.25, 0.3) is 5.69 Å². The van der Waals surface area contributed by atoms with Gasteiger partial charge in [0, 0.05) is 56.4 Å². The van der Waals surface area contributed by atoms with Gasteiger partial charge in [0.1, 0.15) is 31.3 Å². The number of carbonyl (C=O) groups excluding carboxylic acids is 1. The fourth-order valence-electron chi connectivity index (χ4n) is 8.23. The number of fused-ring (bicyclic) bond motifs is 2. The molecule has 2 aromatic rings. The summed E-state index contributed by atoms with van der Waals surface area (Å²) in [5.41, 5.74) is 3.19. The molecule has 6 atom stereocenters. The predicted molar refractivity (Wildman–Crippen MR) is 203 cm³/mol. The van der Waals surface area contributed by atoms with Gasteiger partial charge in [-0.1, -0.05) is 42.8 Å². The highest BCUT2D eigenvalue weighted by molar-refractivity contribution is 6.03. The molecule has 0 saturated heterocycles. The van der Waals surface area contributed by atoms with E-state index in [2.05, 4.69) is 24.4 Å². The van der Waals surface area contributed by atoms with Crippen molar-refractivity contribution in [2.75, 3.05) is 40.6 Å². The quantitative estimate of drug-likeness (QED) is 0.0536. The van der Waals surface area contributed by atoms with Crippen LogP contribution < -0.4 is 9.47 Å². The van der Waals surface area contributed by atoms with Gasteiger partial charge >= 0.3 is 0 Å². The molecular formula is C41H51N3O9. The summed E-state index contributed by atoms with van der Waals surface area (Å²) in [6.07, 6.45) is 13.6. The van der Waals surface area contributed by atoms with E-state index in [0.29, 0.717) is 42.2 Å². The van der Waals surface area contributed by atoms with E-state index in [0.717, 1.165) is 36.8 Å². The smallest absolute Gasteiger partial charge is 0.269 e. The highest BCUT2D eigenvalue weighted by Gasteiger charge is 2.65. The molecule has 1 saturated carbocycles. The van der Waals surface area contributed by atoms with Crippen molar-refractivity contribution < 1.29 is 39.0 Å². The summed E-state index contributed by atoms with van der Waals surface area (Å²) in [6, 6.07) is 11.1. The van der Waals surface area contributed by atoms with Crippen LogP contribution in [0.15, 0.2) is 90.7 Å². The number of non-ortho nitro benzene ring substituents is 1. The summed E-state index contributed by atoms with van der Waals surface area (Å²) >= 11 is 0. The lowest BCUT2D eigenvalue weighted by molar-refractivity contribution is -0.384. The van der Waals surface area contributed by atoms with Crippen LogP contribution in [0.5, 0.6) is 11.5 Å². The standard InChI is InChI=1S/C41H51N3O9/c1-5-23-51-31-18-19-36-34(26-31)39-32(12-8-10-22-46)29(11-7-9-21-45)25-33-35(42-50-4)27-37(41(53-36,40(33)39)52-24-6-2)43(3)38(47)20-15-28-13-16-30(17-14-28)44(48)49/h5-6,13-20,25-26,29,32,37,39-40,45-46H,1-2,7-12,21-24,27H2,3-4H3/t29-,32+,37-,39+,40+,41+/m0/s1. The Bertz CT molecular complexity index is 1700. The van der Waals surface area contributed by atoms with E-state index < -0.39 is 22.7 Å². The number of nitro groups is 1. The number of hydrogen-bond acceptors (Lipinski definition) is 10. The van der Waals surface area contributed by atoms with Crippen molar-refractivity contribution in [3.8, 4) is 11.5 Å². The van der Waals surface area contributed by atoms with Gasteiger partial charge < -0.3 is 34.2 Å². The molecule has 3 aliphatic rings. The van der Waals surface area contributed by atoms with E-state index in [-0.39, 0.29) is 55.6 Å². The molecule has 53 heavy (non-hydrogen) atoms. The second-order valence-electron chi connectivity index (χ2n) is 13.7. The van der Waals surface area contributed by atoms with Gasteiger partial charge in [-0.25, -0.2) is 0 Å². The Kier molecular flexibility index (Phi) is 13.6. The minimum absolute atomic E-state index is 0.0376. The second kappa shape index (κ2) is 18.3. The number of oxime groups is 1. The summed E-state index contributed by atoms with van der Waals surface area (Å²) in [7, 11) is 3.22. The van der Waals surface area contributed by atoms with Gasteiger partial charge in [0.2, 0.25) is 11.7 Å². The zero-order valence-corrected chi connectivity index (χ0v) is 30.6. The normalized spacial score (nSPS) is 25.1. The van der Waals surface area contributed by atoms with Crippen molar-refractivity contribution in [3.05, 3.63) is 107 Å². The SMILES string of the molecule is C=CCOc1ccc2c(c1)[C@H]1[C@H](CCCCO)[C@@H](CCCCO)C=C3C(=NOC)C[C@H](N(C)C(=O)C=Cc4ccc([N+](=O)[O-])cc4)[C@@](OCC=C)(O2)[C@H]31. The lowest BCUT2D eigenvalue weighted by Gasteiger charge is -2.59. The van der Waals surface area contributed by atoms with Crippen LogP contribution in [0, 0.1) is 27.9 Å². The summed E-state index contributed by atoms with van der Waals surface area (Å²) in [5, 5.41) is 35.2. The van der Waals surface area contributed by atoms with Crippen molar-refractivity contribution in [1.82, 2.24) is 4.90 Å². The fraction of sp³-hybridized carbons (Fsp3) is 0.463. The number of carbonyl (C=O) groups is 1. The van der Waals surface area contributed by atoms with Gasteiger partial charge in [-0.2, -0.15) is 0 Å². The van der Waals surface area contributed by atoms with E-state index >= 15 is 0 Å². The number of nitro benzene ring substituents is 1. The molecule has 2 aliphatic carbocycles. The number of likely N-dealkylation sites (N-methyl/N-ethyl adjacent to an activating group) is 1. The number of aliphatic hydroxyl groups excluding tert-OH is 2. The summed E-state index contributed by atoms with van der Waals surface area (Å²) in [5.74, 6) is -0.792. The number of amides is 1. The van der Waals surface area contributed by atoms with E-state index in [1.807, 2.05) is 18.2 Å². The average molecular weight is 730 g/mol. The van der Waals surface area contributed by atoms with E-state index in [1.54, 1.807) is 42.3 Å². The maximum absolute atomic E-state index is 14.1. The molecular weight excluding hydrogens is 678 g/mol. The summed E-state index contributed by atoms with van der Waals surface area (Å²) < 4.78 is 20.0. The Morgan fingerprint density at radius 1 is 1.08 bits per heavy atom. The average Bonchev–Trinajstić information content (AvgIpc) is 3.17. The van der Waals surface area contributed by atoms with Crippen LogP contribution in [0.4, 0.5) is 5.69 Å². The van der Waals surface area contributed by atoms with Gasteiger partial charge in [0.05, 0.1) is 23.2 Å². The van der Waals surface area contributed by atoms with Crippen LogP contribution in [0.3, 0.4) is 0 Å². The van der Waals surface area contributed by atoms with Gasteiger partial charge in [-0.05, 0) is 85.1 Å². The van der Waals surface area contributed by atoms with Crippen molar-refractivity contribution in [2.24, 2.45) is 22.9 Å². The number of allylic oxidation sites excluding steroid dienone is 1. The number of aliphatic hydroxyl groups is 2. The lowest BCUT2D eigenvalue weighted by atomic mass is 9.55. The van der Waals surface area contributed by atoms with Crippen molar-refractivity contribution >= 4 is 23.4 Å². The summed E-state index contributed by atoms with van der Waals surface area (Å²) in [4.78, 5) is 31.8. The first-order valence-electron chi connectivity index (χ1n) is 18.3. The first kappa shape index (κ1) is 39.4. The molecule has 2 N–H and O–H groups in total. The minimum atomic E-state index is -1.37. The number of ether oxygens (including phenoxy) is 3. The monoisotopic (exact) mass is 729 g/mol. The Morgan fingerprint density at radius 3 is 2.45 bits per heavy atom. The molecule has 0 aromatic heterocycles. The Hall–Kier alpha value is -4.78. The van der Waals surface area contributed by atoms with Crippen LogP contribution in [-0.2, 0) is 14.4 Å². The molecule has 0 radical (unpaired) electrons. The number of hydrogen-bond donors (Lipinski definition) is 2. The number of benzene rings is 2. The lowest BCUT2D eigenvalue weighted by Crippen LogP contribution is -2.69. The Labute approximate surface area is 311 Å². The van der Waals surface area contributed by atoms with Crippen LogP contribution in [-0.4, -0.2) is 84.1 Å². The minimum Gasteiger partial charge on any atom is -0.490 e. The van der Waals surface area contributed by atoms with Crippen LogP contribution in [0.1, 0.15) is 62.0 Å². The molecule has 1 fully saturated rings. The van der Waals surface area contributed by atoms with Crippen molar-refractivity contribution in [1.29, 1.82) is 0 Å². The highest BCUT2D eigenvalue weighted by Crippen LogP contribution is 2.61. The predicted octanol–water partition coefficient (Wildman–Crippen LogP) is 6.59. The molecule has 284 valence electrons. The first-order chi connectivity index (χ1) is 25.7. The topological polar surface area (TPSA) is 153 Å². The third kappa shape index (κ3) is 8.56. The molecule has 1 amide bonds. The fourth-order valence-corrected chi connectivity index (χ4v) is 8.23. The van der Waals surface area contributed by atoms with Crippen molar-refractivity contribution in [3.63, 3.8) is 0 Å². The Balaban J connectivity index is 1.67. The molecule has 0 bridgehead atoms. The van der Waals surface area contributed by atoms with E-state index in [4.69, 9.17) is 19.0 Å². The molecule has 12 nitrogen and oxygen atoms in total. The maximum Gasteiger partial charge on any atom is 0.269 e. The molecule has 2 aromatic carbocycles. The van der Waals surface area contributed by atoms with Gasteiger partial charge in [-0.3, -0.25) is 14.9 Å². The molecule has 1 aliphatic heterocycles. The first-order valence-corrected chi connectivity index (χ1v) is 18.3. The largest absolute Gasteiger partial charge is 0.490 e. The molecule has 12 heteroatoms. The van der Waals surface area contributed by atoms with Gasteiger partial charge in [0.15, 0.2) is 0 Å². The van der Waals surface area contributed by atoms with Crippen LogP contribution in [0.25, 0.3) is 6.08 Å². The van der Waals surface area contributed by atoms with Crippen molar-refractivity contribution in [2.45, 2.75) is 62.7 Å². The van der Waals surface area contributed by atoms with E-state index in [1.165, 1.54) is 25.3 Å². The molecule has 0 unspecified atom stereocenters. The summed E-state index contributed by atoms with van der Waals surface area (Å²) in [6.45, 7) is 8.43. The zero-order chi connectivity index (χ0) is 38.0. The number of unbranched alkanes of at least 4 members (excludes halogenated alkanes) is 2. The van der Waals surface area contributed by atoms with Crippen LogP contribution >= 0.6 is 0 Å². The zero-order valence-electron chi connectivity index (χ0n) is 30.6. The molecule has 5 rings (SSSR count).